The van der Waals surface area contributed by atoms with Gasteiger partial charge in [-0.2, -0.15) is 5.10 Å². The summed E-state index contributed by atoms with van der Waals surface area (Å²) in [6.45, 7) is 1.80. The van der Waals surface area contributed by atoms with Gasteiger partial charge in [-0.1, -0.05) is 0 Å². The fraction of sp³-hybridized carbons (Fsp3) is 0.391. The van der Waals surface area contributed by atoms with Gasteiger partial charge in [0, 0.05) is 43.0 Å². The number of amides is 2. The number of benzene rings is 1. The second-order valence-corrected chi connectivity index (χ2v) is 8.33. The lowest BCUT2D eigenvalue weighted by Gasteiger charge is -2.28. The molecule has 1 aromatic carbocycles. The molecule has 4 N–H and O–H groups in total. The van der Waals surface area contributed by atoms with Gasteiger partial charge in [0.25, 0.3) is 5.91 Å². The lowest BCUT2D eigenvalue weighted by molar-refractivity contribution is -0.142. The molecule has 36 heavy (non-hydrogen) atoms. The fourth-order valence-corrected chi connectivity index (χ4v) is 3.87. The van der Waals surface area contributed by atoms with Crippen LogP contribution >= 0.6 is 0 Å². The molecule has 4 rings (SSSR count). The molecule has 12 nitrogen and oxygen atoms in total. The Kier molecular flexibility index (Phi) is 7.74. The molecule has 1 saturated heterocycles. The zero-order valence-electron chi connectivity index (χ0n) is 19.5. The molecule has 0 radical (unpaired) electrons. The smallest absolute Gasteiger partial charge is 0.273 e. The van der Waals surface area contributed by atoms with Crippen molar-refractivity contribution in [3.63, 3.8) is 0 Å². The second kappa shape index (κ2) is 11.0. The van der Waals surface area contributed by atoms with E-state index in [0.717, 1.165) is 5.01 Å². The molecule has 0 bridgehead atoms. The van der Waals surface area contributed by atoms with Gasteiger partial charge in [0.1, 0.15) is 18.0 Å². The highest BCUT2D eigenvalue weighted by molar-refractivity contribution is 5.85. The number of ether oxygens (including phenoxy) is 1. The molecule has 0 spiro atoms. The number of anilines is 2. The van der Waals surface area contributed by atoms with Crippen LogP contribution in [0.4, 0.5) is 15.9 Å². The molecule has 3 heterocycles. The fourth-order valence-electron chi connectivity index (χ4n) is 3.87. The molecule has 3 atom stereocenters. The first-order valence-corrected chi connectivity index (χ1v) is 11.3. The molecule has 2 unspecified atom stereocenters. The number of pyridine rings is 1. The van der Waals surface area contributed by atoms with Gasteiger partial charge in [0.05, 0.1) is 25.8 Å². The number of hydrogen-bond acceptors (Lipinski definition) is 10. The van der Waals surface area contributed by atoms with Crippen molar-refractivity contribution in [1.82, 2.24) is 15.3 Å². The summed E-state index contributed by atoms with van der Waals surface area (Å²) < 4.78 is 20.4. The van der Waals surface area contributed by atoms with E-state index in [2.05, 4.69) is 15.4 Å². The zero-order chi connectivity index (χ0) is 25.8. The zero-order valence-corrected chi connectivity index (χ0v) is 19.5. The molecular formula is C23H27FN6O6. The maximum atomic E-state index is 15.0. The summed E-state index contributed by atoms with van der Waals surface area (Å²) >= 11 is 0. The summed E-state index contributed by atoms with van der Waals surface area (Å²) in [5, 5.41) is 36.3. The third kappa shape index (κ3) is 5.60. The number of carbonyl (C=O) groups excluding carboxylic acids is 2. The SMILES string of the molecule is CC(=O)NC[C@H]1CN(c2ccc(-c3ccc(N4C=NN(C(=O)C(O)CO)CC4)nc3)c(F)c2)C(O)O1. The van der Waals surface area contributed by atoms with Crippen LogP contribution in [0.5, 0.6) is 0 Å². The van der Waals surface area contributed by atoms with E-state index in [9.17, 15) is 24.2 Å². The van der Waals surface area contributed by atoms with Crippen molar-refractivity contribution in [2.75, 3.05) is 42.6 Å². The number of aliphatic hydroxyl groups excluding tert-OH is 3. The molecule has 2 amide bonds. The van der Waals surface area contributed by atoms with Crippen LogP contribution < -0.4 is 15.1 Å². The van der Waals surface area contributed by atoms with Crippen molar-refractivity contribution in [1.29, 1.82) is 0 Å². The predicted octanol–water partition coefficient (Wildman–Crippen LogP) is -0.550. The van der Waals surface area contributed by atoms with Gasteiger partial charge in [-0.05, 0) is 30.3 Å². The summed E-state index contributed by atoms with van der Waals surface area (Å²) in [6.07, 6.45) is -0.276. The number of hydrogen-bond donors (Lipinski definition) is 4. The first-order valence-electron chi connectivity index (χ1n) is 11.3. The third-order valence-corrected chi connectivity index (χ3v) is 5.79. The molecule has 2 aromatic rings. The van der Waals surface area contributed by atoms with Gasteiger partial charge in [-0.15, -0.1) is 0 Å². The Morgan fingerprint density at radius 2 is 2.08 bits per heavy atom. The Morgan fingerprint density at radius 1 is 1.28 bits per heavy atom. The molecule has 1 aromatic heterocycles. The van der Waals surface area contributed by atoms with Crippen LogP contribution in [0.15, 0.2) is 41.6 Å². The minimum absolute atomic E-state index is 0.198. The summed E-state index contributed by atoms with van der Waals surface area (Å²) in [7, 11) is 0. The summed E-state index contributed by atoms with van der Waals surface area (Å²) in [5.41, 5.74) is 1.30. The van der Waals surface area contributed by atoms with Crippen molar-refractivity contribution in [2.45, 2.75) is 25.5 Å². The standard InChI is InChI=1S/C23H27FN6O6/c1-14(32)25-10-17-11-29(23(35)36-17)16-3-4-18(19(24)8-16)15-2-5-21(26-9-15)28-6-7-30(27-13-28)22(34)20(33)12-31/h2-5,8-9,13,17,20,23,31,33,35H,6-7,10-12H2,1H3,(H,25,32)/t17-,20?,23?/m0/s1. The Morgan fingerprint density at radius 3 is 2.69 bits per heavy atom. The normalized spacial score (nSPS) is 20.5. The van der Waals surface area contributed by atoms with E-state index in [1.807, 2.05) is 0 Å². The minimum Gasteiger partial charge on any atom is -0.393 e. The average molecular weight is 503 g/mol. The van der Waals surface area contributed by atoms with Crippen molar-refractivity contribution in [3.8, 4) is 11.1 Å². The topological polar surface area (TPSA) is 151 Å². The van der Waals surface area contributed by atoms with E-state index in [4.69, 9.17) is 9.84 Å². The molecule has 0 aliphatic carbocycles. The first-order chi connectivity index (χ1) is 17.3. The maximum Gasteiger partial charge on any atom is 0.273 e. The van der Waals surface area contributed by atoms with E-state index in [0.29, 0.717) is 29.2 Å². The van der Waals surface area contributed by atoms with Crippen molar-refractivity contribution < 1.29 is 34.0 Å². The summed E-state index contributed by atoms with van der Waals surface area (Å²) in [6, 6.07) is 7.97. The number of carbonyl (C=O) groups is 2. The van der Waals surface area contributed by atoms with Gasteiger partial charge in [0.2, 0.25) is 12.3 Å². The number of rotatable bonds is 7. The molecule has 1 fully saturated rings. The predicted molar refractivity (Wildman–Crippen MR) is 127 cm³/mol. The van der Waals surface area contributed by atoms with E-state index >= 15 is 0 Å². The quantitative estimate of drug-likeness (QED) is 0.391. The molecule has 13 heteroatoms. The number of aliphatic hydroxyl groups is 3. The number of halogens is 1. The number of nitrogens with zero attached hydrogens (tertiary/aromatic N) is 5. The maximum absolute atomic E-state index is 15.0. The van der Waals surface area contributed by atoms with Crippen LogP contribution in [0.3, 0.4) is 0 Å². The van der Waals surface area contributed by atoms with E-state index in [1.54, 1.807) is 29.2 Å². The van der Waals surface area contributed by atoms with Crippen LogP contribution in [-0.4, -0.2) is 94.9 Å². The average Bonchev–Trinajstić information content (AvgIpc) is 3.27. The van der Waals surface area contributed by atoms with E-state index < -0.39 is 37.0 Å². The molecule has 2 aliphatic heterocycles. The second-order valence-electron chi connectivity index (χ2n) is 8.33. The van der Waals surface area contributed by atoms with Crippen molar-refractivity contribution in [2.24, 2.45) is 5.10 Å². The monoisotopic (exact) mass is 502 g/mol. The van der Waals surface area contributed by atoms with Crippen LogP contribution in [0, 0.1) is 5.82 Å². The molecule has 0 saturated carbocycles. The van der Waals surface area contributed by atoms with E-state index in [1.165, 1.54) is 30.4 Å². The summed E-state index contributed by atoms with van der Waals surface area (Å²) in [5.74, 6) is -0.858. The van der Waals surface area contributed by atoms with Crippen LogP contribution in [-0.2, 0) is 14.3 Å². The number of hydrazone groups is 1. The van der Waals surface area contributed by atoms with E-state index in [-0.39, 0.29) is 25.5 Å². The molecule has 192 valence electrons. The van der Waals surface area contributed by atoms with Crippen LogP contribution in [0.1, 0.15) is 6.92 Å². The molecule has 2 aliphatic rings. The Labute approximate surface area is 206 Å². The van der Waals surface area contributed by atoms with Gasteiger partial charge in [-0.25, -0.2) is 14.4 Å². The van der Waals surface area contributed by atoms with Crippen molar-refractivity contribution in [3.05, 3.63) is 42.3 Å². The Hall–Kier alpha value is -3.65. The Balaban J connectivity index is 1.42. The minimum atomic E-state index is -1.51. The largest absolute Gasteiger partial charge is 0.393 e. The van der Waals surface area contributed by atoms with Gasteiger partial charge < -0.3 is 35.2 Å². The highest BCUT2D eigenvalue weighted by atomic mass is 19.1. The number of aromatic nitrogens is 1. The van der Waals surface area contributed by atoms with Crippen LogP contribution in [0.2, 0.25) is 0 Å². The number of nitrogens with one attached hydrogen (secondary N) is 1. The first kappa shape index (κ1) is 25.4. The van der Waals surface area contributed by atoms with Gasteiger partial charge in [-0.3, -0.25) is 9.59 Å². The highest BCUT2D eigenvalue weighted by Gasteiger charge is 2.32. The van der Waals surface area contributed by atoms with Crippen molar-refractivity contribution >= 4 is 29.7 Å². The van der Waals surface area contributed by atoms with Gasteiger partial charge >= 0.3 is 0 Å². The van der Waals surface area contributed by atoms with Crippen LogP contribution in [0.25, 0.3) is 11.1 Å². The highest BCUT2D eigenvalue weighted by Crippen LogP contribution is 2.30. The third-order valence-electron chi connectivity index (χ3n) is 5.79. The Bertz CT molecular complexity index is 1130. The lowest BCUT2D eigenvalue weighted by atomic mass is 10.1. The molecular weight excluding hydrogens is 475 g/mol. The lowest BCUT2D eigenvalue weighted by Crippen LogP contribution is -2.45. The van der Waals surface area contributed by atoms with Gasteiger partial charge in [0.15, 0.2) is 6.10 Å². The summed E-state index contributed by atoms with van der Waals surface area (Å²) in [4.78, 5) is 30.6.